The van der Waals surface area contributed by atoms with Crippen LogP contribution in [-0.2, 0) is 4.74 Å². The quantitative estimate of drug-likeness (QED) is 0.429. The zero-order valence-electron chi connectivity index (χ0n) is 12.7. The molecule has 0 aromatic rings. The highest BCUT2D eigenvalue weighted by Gasteiger charge is 2.11. The van der Waals surface area contributed by atoms with Gasteiger partial charge in [-0.1, -0.05) is 19.9 Å². The van der Waals surface area contributed by atoms with Crippen molar-refractivity contribution in [1.82, 2.24) is 10.2 Å². The van der Waals surface area contributed by atoms with Crippen molar-refractivity contribution in [1.29, 1.82) is 0 Å². The summed E-state index contributed by atoms with van der Waals surface area (Å²) in [6.07, 6.45) is 4.43. The molecule has 0 fully saturated rings. The van der Waals surface area contributed by atoms with Crippen molar-refractivity contribution in [2.24, 2.45) is 5.92 Å². The van der Waals surface area contributed by atoms with Gasteiger partial charge in [-0.25, -0.2) is 0 Å². The molecule has 0 aliphatic rings. The molecule has 0 aliphatic carbocycles. The molecule has 0 saturated carbocycles. The molecule has 1 unspecified atom stereocenters. The minimum atomic E-state index is 0.596. The fourth-order valence-electron chi connectivity index (χ4n) is 1.96. The average molecular weight is 256 g/mol. The lowest BCUT2D eigenvalue weighted by atomic mass is 10.1. The predicted octanol–water partition coefficient (Wildman–Crippen LogP) is 2.54. The van der Waals surface area contributed by atoms with E-state index in [0.29, 0.717) is 6.04 Å². The van der Waals surface area contributed by atoms with Crippen molar-refractivity contribution in [3.63, 3.8) is 0 Å². The van der Waals surface area contributed by atoms with E-state index >= 15 is 0 Å². The maximum Gasteiger partial charge on any atom is 0.0589 e. The molecule has 0 spiro atoms. The van der Waals surface area contributed by atoms with Gasteiger partial charge in [-0.2, -0.15) is 0 Å². The van der Waals surface area contributed by atoms with Gasteiger partial charge < -0.3 is 10.1 Å². The molecule has 0 amide bonds. The Morgan fingerprint density at radius 2 is 2.06 bits per heavy atom. The van der Waals surface area contributed by atoms with Gasteiger partial charge in [0.15, 0.2) is 0 Å². The topological polar surface area (TPSA) is 24.5 Å². The molecule has 18 heavy (non-hydrogen) atoms. The zero-order chi connectivity index (χ0) is 13.8. The average Bonchev–Trinajstić information content (AvgIpc) is 2.33. The van der Waals surface area contributed by atoms with Gasteiger partial charge in [0.1, 0.15) is 0 Å². The normalized spacial score (nSPS) is 13.2. The Balaban J connectivity index is 3.73. The third-order valence-corrected chi connectivity index (χ3v) is 3.10. The molecular formula is C15H32N2O. The van der Waals surface area contributed by atoms with Crippen LogP contribution in [0.5, 0.6) is 0 Å². The molecular weight excluding hydrogens is 224 g/mol. The van der Waals surface area contributed by atoms with Gasteiger partial charge in [-0.05, 0) is 38.8 Å². The van der Waals surface area contributed by atoms with Crippen LogP contribution in [0.2, 0.25) is 0 Å². The van der Waals surface area contributed by atoms with E-state index in [-0.39, 0.29) is 0 Å². The van der Waals surface area contributed by atoms with E-state index in [2.05, 4.69) is 37.6 Å². The van der Waals surface area contributed by atoms with Gasteiger partial charge in [-0.3, -0.25) is 4.90 Å². The van der Waals surface area contributed by atoms with Gasteiger partial charge in [0.05, 0.1) is 6.61 Å². The summed E-state index contributed by atoms with van der Waals surface area (Å²) in [6.45, 7) is 15.6. The van der Waals surface area contributed by atoms with Crippen molar-refractivity contribution in [2.45, 2.75) is 39.7 Å². The first-order valence-electron chi connectivity index (χ1n) is 7.16. The molecule has 1 atom stereocenters. The van der Waals surface area contributed by atoms with Gasteiger partial charge >= 0.3 is 0 Å². The standard InChI is InChI=1S/C15H32N2O/c1-6-10-17(11-12-18-5)15(4)8-7-9-16-13-14(2)3/h6,14-16H,1,7-13H2,2-5H3. The Bertz CT molecular complexity index is 195. The molecule has 0 radical (unpaired) electrons. The lowest BCUT2D eigenvalue weighted by Gasteiger charge is -2.27. The minimum absolute atomic E-state index is 0.596. The van der Waals surface area contributed by atoms with Crippen molar-refractivity contribution < 1.29 is 4.74 Å². The lowest BCUT2D eigenvalue weighted by molar-refractivity contribution is 0.129. The van der Waals surface area contributed by atoms with E-state index in [0.717, 1.165) is 38.7 Å². The molecule has 0 saturated heterocycles. The Morgan fingerprint density at radius 3 is 2.61 bits per heavy atom. The number of methoxy groups -OCH3 is 1. The summed E-state index contributed by atoms with van der Waals surface area (Å²) in [6, 6.07) is 0.596. The molecule has 0 aliphatic heterocycles. The molecule has 0 aromatic carbocycles. The summed E-state index contributed by atoms with van der Waals surface area (Å²) in [7, 11) is 1.76. The fraction of sp³-hybridized carbons (Fsp3) is 0.867. The number of ether oxygens (including phenoxy) is 1. The maximum absolute atomic E-state index is 5.15. The molecule has 1 N–H and O–H groups in total. The first-order valence-corrected chi connectivity index (χ1v) is 7.16. The number of hydrogen-bond acceptors (Lipinski definition) is 3. The first kappa shape index (κ1) is 17.6. The van der Waals surface area contributed by atoms with E-state index < -0.39 is 0 Å². The molecule has 0 aromatic heterocycles. The Hall–Kier alpha value is -0.380. The third kappa shape index (κ3) is 9.63. The molecule has 0 rings (SSSR count). The Morgan fingerprint density at radius 1 is 1.33 bits per heavy atom. The highest BCUT2D eigenvalue weighted by Crippen LogP contribution is 2.06. The Labute approximate surface area is 114 Å². The summed E-state index contributed by atoms with van der Waals surface area (Å²) in [5, 5.41) is 3.49. The van der Waals surface area contributed by atoms with Crippen LogP contribution >= 0.6 is 0 Å². The fourth-order valence-corrected chi connectivity index (χ4v) is 1.96. The zero-order valence-corrected chi connectivity index (χ0v) is 12.7. The summed E-state index contributed by atoms with van der Waals surface area (Å²) in [4.78, 5) is 2.43. The molecule has 108 valence electrons. The number of rotatable bonds is 12. The molecule has 0 bridgehead atoms. The lowest BCUT2D eigenvalue weighted by Crippen LogP contribution is -2.36. The largest absolute Gasteiger partial charge is 0.383 e. The van der Waals surface area contributed by atoms with Crippen LogP contribution in [0, 0.1) is 5.92 Å². The predicted molar refractivity (Wildman–Crippen MR) is 80.0 cm³/mol. The van der Waals surface area contributed by atoms with Gasteiger partial charge in [0.25, 0.3) is 0 Å². The van der Waals surface area contributed by atoms with Crippen molar-refractivity contribution in [3.8, 4) is 0 Å². The van der Waals surface area contributed by atoms with Crippen LogP contribution in [0.15, 0.2) is 12.7 Å². The van der Waals surface area contributed by atoms with Crippen molar-refractivity contribution in [3.05, 3.63) is 12.7 Å². The summed E-state index contributed by atoms with van der Waals surface area (Å²) in [5.41, 5.74) is 0. The van der Waals surface area contributed by atoms with Crippen LogP contribution in [0.1, 0.15) is 33.6 Å². The van der Waals surface area contributed by atoms with Gasteiger partial charge in [0.2, 0.25) is 0 Å². The van der Waals surface area contributed by atoms with E-state index in [1.165, 1.54) is 12.8 Å². The van der Waals surface area contributed by atoms with E-state index in [1.807, 2.05) is 6.08 Å². The monoisotopic (exact) mass is 256 g/mol. The summed E-state index contributed by atoms with van der Waals surface area (Å²) in [5.74, 6) is 0.737. The number of nitrogens with one attached hydrogen (secondary N) is 1. The SMILES string of the molecule is C=CCN(CCOC)C(C)CCCNCC(C)C. The number of hydrogen-bond donors (Lipinski definition) is 1. The van der Waals surface area contributed by atoms with E-state index in [4.69, 9.17) is 4.74 Å². The van der Waals surface area contributed by atoms with Gasteiger partial charge in [0, 0.05) is 26.2 Å². The summed E-state index contributed by atoms with van der Waals surface area (Å²) >= 11 is 0. The highest BCUT2D eigenvalue weighted by atomic mass is 16.5. The van der Waals surface area contributed by atoms with Crippen LogP contribution < -0.4 is 5.32 Å². The third-order valence-electron chi connectivity index (χ3n) is 3.10. The molecule has 0 heterocycles. The van der Waals surface area contributed by atoms with E-state index in [9.17, 15) is 0 Å². The van der Waals surface area contributed by atoms with Crippen LogP contribution in [-0.4, -0.2) is 50.8 Å². The second-order valence-electron chi connectivity index (χ2n) is 5.37. The van der Waals surface area contributed by atoms with Gasteiger partial charge in [-0.15, -0.1) is 6.58 Å². The van der Waals surface area contributed by atoms with Crippen molar-refractivity contribution in [2.75, 3.05) is 39.9 Å². The van der Waals surface area contributed by atoms with Crippen LogP contribution in [0.3, 0.4) is 0 Å². The van der Waals surface area contributed by atoms with Crippen LogP contribution in [0.4, 0.5) is 0 Å². The maximum atomic E-state index is 5.15. The summed E-state index contributed by atoms with van der Waals surface area (Å²) < 4.78 is 5.15. The second kappa shape index (κ2) is 11.7. The Kier molecular flexibility index (Phi) is 11.4. The number of nitrogens with zero attached hydrogens (tertiary/aromatic N) is 1. The highest BCUT2D eigenvalue weighted by molar-refractivity contribution is 4.77. The first-order chi connectivity index (χ1) is 8.61. The van der Waals surface area contributed by atoms with Crippen LogP contribution in [0.25, 0.3) is 0 Å². The van der Waals surface area contributed by atoms with E-state index in [1.54, 1.807) is 7.11 Å². The van der Waals surface area contributed by atoms with Crippen molar-refractivity contribution >= 4 is 0 Å². The molecule has 3 nitrogen and oxygen atoms in total. The molecule has 3 heteroatoms. The minimum Gasteiger partial charge on any atom is -0.383 e. The second-order valence-corrected chi connectivity index (χ2v) is 5.37. The smallest absolute Gasteiger partial charge is 0.0589 e.